The minimum atomic E-state index is -0.311. The number of nitrogens with zero attached hydrogens (tertiary/aromatic N) is 1. The maximum Gasteiger partial charge on any atom is 0.355 e. The first kappa shape index (κ1) is 11.9. The summed E-state index contributed by atoms with van der Waals surface area (Å²) in [5.74, 6) is -0.311. The molecule has 0 amide bonds. The van der Waals surface area contributed by atoms with Crippen LogP contribution < -0.4 is 0 Å². The van der Waals surface area contributed by atoms with Gasteiger partial charge in [0.1, 0.15) is 5.69 Å². The predicted molar refractivity (Wildman–Crippen MR) is 80.2 cm³/mol. The summed E-state index contributed by atoms with van der Waals surface area (Å²) >= 11 is 3.77. The Morgan fingerprint density at radius 1 is 1.56 bits per heavy atom. The third-order valence-electron chi connectivity index (χ3n) is 2.67. The number of hydrogen-bond donors (Lipinski definition) is 1. The number of esters is 1. The molecule has 1 aromatic carbocycles. The first-order valence-corrected chi connectivity index (χ1v) is 7.38. The van der Waals surface area contributed by atoms with Crippen molar-refractivity contribution in [1.29, 1.82) is 0 Å². The van der Waals surface area contributed by atoms with Gasteiger partial charge in [0.25, 0.3) is 0 Å². The van der Waals surface area contributed by atoms with Crippen LogP contribution in [0.25, 0.3) is 21.1 Å². The highest BCUT2D eigenvalue weighted by molar-refractivity contribution is 14.1. The predicted octanol–water partition coefficient (Wildman–Crippen LogP) is 3.56. The number of fused-ring (bicyclic) bond motifs is 2. The van der Waals surface area contributed by atoms with E-state index in [1.165, 1.54) is 0 Å². The summed E-state index contributed by atoms with van der Waals surface area (Å²) in [5.41, 5.74) is 4.20. The van der Waals surface area contributed by atoms with Gasteiger partial charge in [-0.1, -0.05) is 0 Å². The summed E-state index contributed by atoms with van der Waals surface area (Å²) in [6, 6.07) is 4.02. The molecule has 2 aromatic heterocycles. The van der Waals surface area contributed by atoms with Gasteiger partial charge >= 0.3 is 5.97 Å². The molecule has 0 atom stereocenters. The highest BCUT2D eigenvalue weighted by Crippen LogP contribution is 2.30. The molecule has 1 N–H and O–H groups in total. The molecular weight excluding hydrogens is 363 g/mol. The zero-order chi connectivity index (χ0) is 12.7. The molecule has 4 nitrogen and oxygen atoms in total. The van der Waals surface area contributed by atoms with Crippen LogP contribution in [0.1, 0.15) is 17.4 Å². The average Bonchev–Trinajstić information content (AvgIpc) is 2.92. The van der Waals surface area contributed by atoms with Crippen molar-refractivity contribution in [3.8, 4) is 0 Å². The number of H-pyrrole nitrogens is 1. The van der Waals surface area contributed by atoms with E-state index in [0.29, 0.717) is 12.3 Å². The molecule has 6 heteroatoms. The number of carbonyl (C=O) groups excluding carboxylic acids is 1. The Bertz CT molecular complexity index is 747. The van der Waals surface area contributed by atoms with Crippen molar-refractivity contribution >= 4 is 61.0 Å². The van der Waals surface area contributed by atoms with E-state index in [9.17, 15) is 4.79 Å². The molecule has 0 radical (unpaired) electrons. The topological polar surface area (TPSA) is 55.0 Å². The van der Waals surface area contributed by atoms with Crippen molar-refractivity contribution in [1.82, 2.24) is 9.97 Å². The van der Waals surface area contributed by atoms with Gasteiger partial charge in [-0.3, -0.25) is 0 Å². The second-order valence-corrected chi connectivity index (χ2v) is 5.72. The summed E-state index contributed by atoms with van der Waals surface area (Å²) in [7, 11) is 0. The second kappa shape index (κ2) is 4.51. The molecule has 0 bridgehead atoms. The van der Waals surface area contributed by atoms with Gasteiger partial charge in [-0.05, 0) is 41.6 Å². The molecule has 0 aliphatic heterocycles. The number of hydrogen-bond acceptors (Lipinski definition) is 4. The van der Waals surface area contributed by atoms with Crippen molar-refractivity contribution < 1.29 is 9.53 Å². The number of benzene rings is 1. The maximum atomic E-state index is 11.8. The fourth-order valence-electron chi connectivity index (χ4n) is 1.86. The van der Waals surface area contributed by atoms with Crippen molar-refractivity contribution in [2.45, 2.75) is 6.92 Å². The molecule has 92 valence electrons. The van der Waals surface area contributed by atoms with Crippen LogP contribution in [0.15, 0.2) is 17.6 Å². The molecule has 3 aromatic rings. The highest BCUT2D eigenvalue weighted by Gasteiger charge is 2.17. The first-order valence-electron chi connectivity index (χ1n) is 5.42. The lowest BCUT2D eigenvalue weighted by Crippen LogP contribution is -2.06. The summed E-state index contributed by atoms with van der Waals surface area (Å²) in [4.78, 5) is 19.2. The van der Waals surface area contributed by atoms with Gasteiger partial charge in [-0.25, -0.2) is 9.78 Å². The van der Waals surface area contributed by atoms with Crippen LogP contribution in [0.5, 0.6) is 0 Å². The lowest BCUT2D eigenvalue weighted by atomic mass is 10.2. The number of thiazole rings is 1. The van der Waals surface area contributed by atoms with Crippen molar-refractivity contribution in [3.05, 3.63) is 26.9 Å². The standard InChI is InChI=1S/C12H9IN2O2S/c1-2-17-12(16)11-10(13)6-3-9-8(14-5-18-9)4-7(6)15-11/h3-5,15H,2H2,1H3. The summed E-state index contributed by atoms with van der Waals surface area (Å²) in [6.07, 6.45) is 0. The van der Waals surface area contributed by atoms with Crippen LogP contribution in [0.3, 0.4) is 0 Å². The first-order chi connectivity index (χ1) is 8.70. The zero-order valence-corrected chi connectivity index (χ0v) is 12.5. The smallest absolute Gasteiger partial charge is 0.355 e. The minimum absolute atomic E-state index is 0.311. The van der Waals surface area contributed by atoms with Gasteiger partial charge in [-0.15, -0.1) is 11.3 Å². The minimum Gasteiger partial charge on any atom is -0.461 e. The quantitative estimate of drug-likeness (QED) is 0.553. The van der Waals surface area contributed by atoms with Crippen LogP contribution in [0.4, 0.5) is 0 Å². The molecular formula is C12H9IN2O2S. The van der Waals surface area contributed by atoms with E-state index < -0.39 is 0 Å². The fraction of sp³-hybridized carbons (Fsp3) is 0.167. The lowest BCUT2D eigenvalue weighted by Gasteiger charge is -1.98. The molecule has 0 aliphatic rings. The van der Waals surface area contributed by atoms with Gasteiger partial charge in [0.2, 0.25) is 0 Å². The SMILES string of the molecule is CCOC(=O)c1[nH]c2cc3ncsc3cc2c1I. The van der Waals surface area contributed by atoms with Crippen LogP contribution >= 0.6 is 33.9 Å². The third kappa shape index (κ3) is 1.79. The van der Waals surface area contributed by atoms with E-state index in [2.05, 4.69) is 38.6 Å². The summed E-state index contributed by atoms with van der Waals surface area (Å²) < 4.78 is 7.05. The van der Waals surface area contributed by atoms with Gasteiger partial charge in [-0.2, -0.15) is 0 Å². The fourth-order valence-corrected chi connectivity index (χ4v) is 3.36. The maximum absolute atomic E-state index is 11.8. The van der Waals surface area contributed by atoms with E-state index in [1.807, 2.05) is 11.6 Å². The Balaban J connectivity index is 2.23. The van der Waals surface area contributed by atoms with Crippen molar-refractivity contribution in [2.24, 2.45) is 0 Å². The normalized spacial score (nSPS) is 11.2. The Labute approximate surface area is 120 Å². The lowest BCUT2D eigenvalue weighted by molar-refractivity contribution is 0.0519. The van der Waals surface area contributed by atoms with Gasteiger partial charge in [0.05, 0.1) is 25.9 Å². The number of nitrogens with one attached hydrogen (secondary N) is 1. The zero-order valence-electron chi connectivity index (χ0n) is 9.49. The Morgan fingerprint density at radius 2 is 2.39 bits per heavy atom. The van der Waals surface area contributed by atoms with Crippen LogP contribution in [0.2, 0.25) is 0 Å². The second-order valence-electron chi connectivity index (χ2n) is 3.75. The van der Waals surface area contributed by atoms with Crippen LogP contribution in [-0.4, -0.2) is 22.5 Å². The average molecular weight is 372 g/mol. The van der Waals surface area contributed by atoms with E-state index in [0.717, 1.165) is 24.7 Å². The van der Waals surface area contributed by atoms with Gasteiger partial charge < -0.3 is 9.72 Å². The molecule has 0 saturated heterocycles. The molecule has 0 unspecified atom stereocenters. The largest absolute Gasteiger partial charge is 0.461 e. The number of aromatic amines is 1. The van der Waals surface area contributed by atoms with Crippen LogP contribution in [0, 0.1) is 3.57 Å². The number of aromatic nitrogens is 2. The summed E-state index contributed by atoms with van der Waals surface area (Å²) in [6.45, 7) is 2.17. The van der Waals surface area contributed by atoms with Gasteiger partial charge in [0.15, 0.2) is 0 Å². The highest BCUT2D eigenvalue weighted by atomic mass is 127. The van der Waals surface area contributed by atoms with E-state index >= 15 is 0 Å². The molecule has 18 heavy (non-hydrogen) atoms. The monoisotopic (exact) mass is 372 g/mol. The van der Waals surface area contributed by atoms with E-state index in [4.69, 9.17) is 4.74 Å². The third-order valence-corrected chi connectivity index (χ3v) is 4.58. The Kier molecular flexibility index (Phi) is 2.98. The molecule has 0 saturated carbocycles. The molecule has 3 rings (SSSR count). The molecule has 2 heterocycles. The summed E-state index contributed by atoms with van der Waals surface area (Å²) in [5, 5.41) is 1.04. The number of ether oxygens (including phenoxy) is 1. The van der Waals surface area contributed by atoms with Gasteiger partial charge in [0, 0.05) is 10.9 Å². The number of halogens is 1. The number of carbonyl (C=O) groups is 1. The molecule has 0 fully saturated rings. The van der Waals surface area contributed by atoms with Crippen LogP contribution in [-0.2, 0) is 4.74 Å². The van der Waals surface area contributed by atoms with Crippen molar-refractivity contribution in [2.75, 3.05) is 6.61 Å². The van der Waals surface area contributed by atoms with Crippen molar-refractivity contribution in [3.63, 3.8) is 0 Å². The number of rotatable bonds is 2. The van der Waals surface area contributed by atoms with E-state index in [1.54, 1.807) is 18.3 Å². The molecule has 0 spiro atoms. The van der Waals surface area contributed by atoms with E-state index in [-0.39, 0.29) is 5.97 Å². The Hall–Kier alpha value is -1.15. The molecule has 0 aliphatic carbocycles. The Morgan fingerprint density at radius 3 is 3.17 bits per heavy atom.